The Labute approximate surface area is 111 Å². The Hall–Kier alpha value is -1.03. The molecule has 9 heteroatoms. The van der Waals surface area contributed by atoms with Crippen LogP contribution in [-0.2, 0) is 16.8 Å². The van der Waals surface area contributed by atoms with Crippen LogP contribution < -0.4 is 5.14 Å². The van der Waals surface area contributed by atoms with Crippen LogP contribution in [0.5, 0.6) is 0 Å². The lowest BCUT2D eigenvalue weighted by Crippen LogP contribution is -2.50. The molecule has 0 unspecified atom stereocenters. The normalized spacial score (nSPS) is 22.8. The van der Waals surface area contributed by atoms with Crippen molar-refractivity contribution < 1.29 is 12.9 Å². The van der Waals surface area contributed by atoms with Crippen LogP contribution in [0.4, 0.5) is 0 Å². The standard InChI is InChI=1S/C10H17N5O3S/c11-19(16,17)15-5-3-14(4-6-15)7-9-12-10(18-13-9)8-1-2-8/h8H,1-7H2,(H2,11,16,17). The van der Waals surface area contributed by atoms with E-state index in [1.165, 1.54) is 4.31 Å². The van der Waals surface area contributed by atoms with Gasteiger partial charge in [0, 0.05) is 32.1 Å². The van der Waals surface area contributed by atoms with Crippen molar-refractivity contribution in [3.63, 3.8) is 0 Å². The predicted octanol–water partition coefficient (Wildman–Crippen LogP) is -0.732. The van der Waals surface area contributed by atoms with Crippen LogP contribution in [0.25, 0.3) is 0 Å². The maximum absolute atomic E-state index is 11.2. The third-order valence-corrected chi connectivity index (χ3v) is 4.55. The summed E-state index contributed by atoms with van der Waals surface area (Å²) in [5, 5.41) is 9.05. The molecule has 106 valence electrons. The van der Waals surface area contributed by atoms with Gasteiger partial charge >= 0.3 is 0 Å². The number of piperazine rings is 1. The summed E-state index contributed by atoms with van der Waals surface area (Å²) in [6.45, 7) is 2.67. The van der Waals surface area contributed by atoms with E-state index >= 15 is 0 Å². The summed E-state index contributed by atoms with van der Waals surface area (Å²) in [5.74, 6) is 1.87. The average Bonchev–Trinajstić information content (AvgIpc) is 3.10. The first kappa shape index (κ1) is 13.0. The monoisotopic (exact) mass is 287 g/mol. The van der Waals surface area contributed by atoms with E-state index in [0.29, 0.717) is 44.5 Å². The lowest BCUT2D eigenvalue weighted by molar-refractivity contribution is 0.176. The molecule has 2 heterocycles. The fourth-order valence-corrected chi connectivity index (χ4v) is 2.84. The van der Waals surface area contributed by atoms with Gasteiger partial charge in [-0.25, -0.2) is 5.14 Å². The summed E-state index contributed by atoms with van der Waals surface area (Å²) in [7, 11) is -3.56. The number of hydrogen-bond acceptors (Lipinski definition) is 6. The van der Waals surface area contributed by atoms with Crippen molar-refractivity contribution in [3.05, 3.63) is 11.7 Å². The van der Waals surface area contributed by atoms with Crippen LogP contribution >= 0.6 is 0 Å². The largest absolute Gasteiger partial charge is 0.339 e. The molecule has 0 atom stereocenters. The lowest BCUT2D eigenvalue weighted by atomic mass is 10.3. The van der Waals surface area contributed by atoms with Crippen molar-refractivity contribution in [2.24, 2.45) is 5.14 Å². The second-order valence-electron chi connectivity index (χ2n) is 5.04. The molecule has 0 radical (unpaired) electrons. The number of aromatic nitrogens is 2. The fraction of sp³-hybridized carbons (Fsp3) is 0.800. The quantitative estimate of drug-likeness (QED) is 0.782. The van der Waals surface area contributed by atoms with Gasteiger partial charge in [-0.05, 0) is 12.8 Å². The van der Waals surface area contributed by atoms with Crippen LogP contribution in [0.15, 0.2) is 4.52 Å². The van der Waals surface area contributed by atoms with Crippen LogP contribution in [0.3, 0.4) is 0 Å². The number of nitrogens with two attached hydrogens (primary N) is 1. The Balaban J connectivity index is 1.54. The summed E-state index contributed by atoms with van der Waals surface area (Å²) in [4.78, 5) is 6.46. The number of hydrogen-bond donors (Lipinski definition) is 1. The zero-order chi connectivity index (χ0) is 13.5. The van der Waals surface area contributed by atoms with Crippen molar-refractivity contribution >= 4 is 10.2 Å². The summed E-state index contributed by atoms with van der Waals surface area (Å²) >= 11 is 0. The van der Waals surface area contributed by atoms with E-state index in [9.17, 15) is 8.42 Å². The molecular weight excluding hydrogens is 270 g/mol. The lowest BCUT2D eigenvalue weighted by Gasteiger charge is -2.31. The average molecular weight is 287 g/mol. The van der Waals surface area contributed by atoms with E-state index in [-0.39, 0.29) is 0 Å². The first-order chi connectivity index (χ1) is 9.02. The van der Waals surface area contributed by atoms with Crippen molar-refractivity contribution in [2.75, 3.05) is 26.2 Å². The smallest absolute Gasteiger partial charge is 0.276 e. The second kappa shape index (κ2) is 4.82. The van der Waals surface area contributed by atoms with E-state index in [4.69, 9.17) is 9.66 Å². The third kappa shape index (κ3) is 3.11. The molecule has 1 saturated heterocycles. The Morgan fingerprint density at radius 2 is 1.95 bits per heavy atom. The van der Waals surface area contributed by atoms with Gasteiger partial charge < -0.3 is 4.52 Å². The van der Waals surface area contributed by atoms with Gasteiger partial charge in [-0.15, -0.1) is 0 Å². The predicted molar refractivity (Wildman–Crippen MR) is 66.2 cm³/mol. The van der Waals surface area contributed by atoms with Gasteiger partial charge in [-0.1, -0.05) is 5.16 Å². The minimum absolute atomic E-state index is 0.409. The van der Waals surface area contributed by atoms with Crippen LogP contribution in [0.2, 0.25) is 0 Å². The molecule has 0 spiro atoms. The first-order valence-corrected chi connectivity index (χ1v) is 7.85. The van der Waals surface area contributed by atoms with Gasteiger partial charge in [0.25, 0.3) is 10.2 Å². The van der Waals surface area contributed by atoms with Crippen molar-refractivity contribution in [1.82, 2.24) is 19.3 Å². The summed E-state index contributed by atoms with van der Waals surface area (Å²) in [6.07, 6.45) is 2.27. The van der Waals surface area contributed by atoms with Gasteiger partial charge in [0.15, 0.2) is 5.82 Å². The maximum atomic E-state index is 11.2. The zero-order valence-electron chi connectivity index (χ0n) is 10.5. The fourth-order valence-electron chi connectivity index (χ4n) is 2.17. The van der Waals surface area contributed by atoms with Gasteiger partial charge in [-0.3, -0.25) is 4.90 Å². The van der Waals surface area contributed by atoms with E-state index in [0.717, 1.165) is 18.7 Å². The van der Waals surface area contributed by atoms with Gasteiger partial charge in [0.05, 0.1) is 6.54 Å². The highest BCUT2D eigenvalue weighted by molar-refractivity contribution is 7.86. The molecule has 2 N–H and O–H groups in total. The molecular formula is C10H17N5O3S. The Morgan fingerprint density at radius 1 is 1.26 bits per heavy atom. The molecule has 1 aromatic heterocycles. The highest BCUT2D eigenvalue weighted by Crippen LogP contribution is 2.38. The SMILES string of the molecule is NS(=O)(=O)N1CCN(Cc2noc(C3CC3)n2)CC1. The van der Waals surface area contributed by atoms with Crippen LogP contribution in [0.1, 0.15) is 30.5 Å². The third-order valence-electron chi connectivity index (χ3n) is 3.47. The molecule has 1 saturated carbocycles. The van der Waals surface area contributed by atoms with Gasteiger partial charge in [0.1, 0.15) is 0 Å². The van der Waals surface area contributed by atoms with Gasteiger partial charge in [0.2, 0.25) is 5.89 Å². The van der Waals surface area contributed by atoms with Gasteiger partial charge in [-0.2, -0.15) is 17.7 Å². The molecule has 1 aliphatic heterocycles. The Kier molecular flexibility index (Phi) is 3.29. The van der Waals surface area contributed by atoms with E-state index in [1.807, 2.05) is 0 Å². The van der Waals surface area contributed by atoms with Crippen LogP contribution in [0, 0.1) is 0 Å². The topological polar surface area (TPSA) is 106 Å². The molecule has 0 amide bonds. The minimum Gasteiger partial charge on any atom is -0.339 e. The molecule has 8 nitrogen and oxygen atoms in total. The van der Waals surface area contributed by atoms with Crippen molar-refractivity contribution in [3.8, 4) is 0 Å². The second-order valence-corrected chi connectivity index (χ2v) is 6.59. The minimum atomic E-state index is -3.56. The molecule has 2 aliphatic rings. The Morgan fingerprint density at radius 3 is 2.53 bits per heavy atom. The zero-order valence-corrected chi connectivity index (χ0v) is 11.3. The number of rotatable bonds is 4. The van der Waals surface area contributed by atoms with E-state index < -0.39 is 10.2 Å². The molecule has 2 fully saturated rings. The van der Waals surface area contributed by atoms with E-state index in [2.05, 4.69) is 15.0 Å². The maximum Gasteiger partial charge on any atom is 0.276 e. The van der Waals surface area contributed by atoms with Crippen molar-refractivity contribution in [1.29, 1.82) is 0 Å². The molecule has 3 rings (SSSR count). The van der Waals surface area contributed by atoms with Crippen LogP contribution in [-0.4, -0.2) is 53.9 Å². The molecule has 1 aromatic rings. The summed E-state index contributed by atoms with van der Waals surface area (Å²) in [6, 6.07) is 0. The summed E-state index contributed by atoms with van der Waals surface area (Å²) < 4.78 is 28.8. The molecule has 1 aliphatic carbocycles. The molecule has 0 bridgehead atoms. The number of nitrogens with zero attached hydrogens (tertiary/aromatic N) is 4. The summed E-state index contributed by atoms with van der Waals surface area (Å²) in [5.41, 5.74) is 0. The highest BCUT2D eigenvalue weighted by atomic mass is 32.2. The first-order valence-electron chi connectivity index (χ1n) is 6.35. The van der Waals surface area contributed by atoms with Crippen molar-refractivity contribution in [2.45, 2.75) is 25.3 Å². The molecule has 0 aromatic carbocycles. The highest BCUT2D eigenvalue weighted by Gasteiger charge is 2.30. The van der Waals surface area contributed by atoms with E-state index in [1.54, 1.807) is 0 Å². The molecule has 19 heavy (non-hydrogen) atoms. The Bertz CT molecular complexity index is 545.